The maximum Gasteiger partial charge on any atom is 0.326 e. The summed E-state index contributed by atoms with van der Waals surface area (Å²) in [5.41, 5.74) is 0. The molecule has 0 aliphatic carbocycles. The SMILES string of the molecule is COc1ccc(OC2=CC(=O)N(C(CC(C)C)C(=O)O)C2)cc1. The van der Waals surface area contributed by atoms with E-state index in [4.69, 9.17) is 9.47 Å². The summed E-state index contributed by atoms with van der Waals surface area (Å²) < 4.78 is 10.7. The summed E-state index contributed by atoms with van der Waals surface area (Å²) in [4.78, 5) is 24.9. The van der Waals surface area contributed by atoms with Gasteiger partial charge in [-0.15, -0.1) is 0 Å². The minimum absolute atomic E-state index is 0.161. The lowest BCUT2D eigenvalue weighted by molar-refractivity contribution is -0.148. The molecule has 0 saturated carbocycles. The van der Waals surface area contributed by atoms with Gasteiger partial charge in [0.15, 0.2) is 0 Å². The van der Waals surface area contributed by atoms with Crippen LogP contribution in [-0.4, -0.2) is 41.6 Å². The van der Waals surface area contributed by atoms with Gasteiger partial charge >= 0.3 is 5.97 Å². The monoisotopic (exact) mass is 319 g/mol. The van der Waals surface area contributed by atoms with Crippen LogP contribution in [0.1, 0.15) is 20.3 Å². The van der Waals surface area contributed by atoms with Gasteiger partial charge < -0.3 is 19.5 Å². The van der Waals surface area contributed by atoms with E-state index in [0.29, 0.717) is 23.7 Å². The first-order valence-electron chi connectivity index (χ1n) is 7.46. The molecular formula is C17H21NO5. The number of aliphatic carboxylic acids is 1. The number of carbonyl (C=O) groups excluding carboxylic acids is 1. The molecule has 1 unspecified atom stereocenters. The van der Waals surface area contributed by atoms with Crippen LogP contribution in [-0.2, 0) is 9.59 Å². The zero-order valence-electron chi connectivity index (χ0n) is 13.5. The molecule has 0 aromatic heterocycles. The zero-order chi connectivity index (χ0) is 17.0. The van der Waals surface area contributed by atoms with E-state index in [1.54, 1.807) is 31.4 Å². The number of benzene rings is 1. The molecule has 1 amide bonds. The van der Waals surface area contributed by atoms with Crippen molar-refractivity contribution >= 4 is 11.9 Å². The molecular weight excluding hydrogens is 298 g/mol. The molecule has 6 nitrogen and oxygen atoms in total. The third kappa shape index (κ3) is 4.25. The first-order valence-corrected chi connectivity index (χ1v) is 7.46. The Labute approximate surface area is 135 Å². The van der Waals surface area contributed by atoms with Gasteiger partial charge in [0.1, 0.15) is 23.3 Å². The van der Waals surface area contributed by atoms with Gasteiger partial charge in [-0.05, 0) is 36.6 Å². The van der Waals surface area contributed by atoms with Gasteiger partial charge in [-0.1, -0.05) is 13.8 Å². The van der Waals surface area contributed by atoms with Crippen molar-refractivity contribution in [2.75, 3.05) is 13.7 Å². The van der Waals surface area contributed by atoms with Crippen molar-refractivity contribution < 1.29 is 24.2 Å². The highest BCUT2D eigenvalue weighted by molar-refractivity contribution is 5.94. The lowest BCUT2D eigenvalue weighted by Crippen LogP contribution is -2.43. The van der Waals surface area contributed by atoms with E-state index in [1.165, 1.54) is 11.0 Å². The van der Waals surface area contributed by atoms with E-state index in [9.17, 15) is 14.7 Å². The van der Waals surface area contributed by atoms with Gasteiger partial charge in [-0.2, -0.15) is 0 Å². The molecule has 1 aromatic rings. The number of carboxylic acids is 1. The highest BCUT2D eigenvalue weighted by atomic mass is 16.5. The number of carbonyl (C=O) groups is 2. The molecule has 124 valence electrons. The maximum atomic E-state index is 12.1. The van der Waals surface area contributed by atoms with Crippen LogP contribution in [0.25, 0.3) is 0 Å². The number of hydrogen-bond acceptors (Lipinski definition) is 4. The molecule has 1 heterocycles. The third-order valence-electron chi connectivity index (χ3n) is 3.56. The molecule has 1 aliphatic rings. The molecule has 1 atom stereocenters. The van der Waals surface area contributed by atoms with Gasteiger partial charge in [-0.25, -0.2) is 4.79 Å². The van der Waals surface area contributed by atoms with Crippen LogP contribution >= 0.6 is 0 Å². The van der Waals surface area contributed by atoms with Crippen LogP contribution in [0.2, 0.25) is 0 Å². The second-order valence-electron chi connectivity index (χ2n) is 5.84. The molecule has 6 heteroatoms. The van der Waals surface area contributed by atoms with Crippen molar-refractivity contribution in [3.63, 3.8) is 0 Å². The minimum atomic E-state index is -0.994. The first kappa shape index (κ1) is 16.9. The number of methoxy groups -OCH3 is 1. The number of amides is 1. The molecule has 1 aliphatic heterocycles. The average molecular weight is 319 g/mol. The highest BCUT2D eigenvalue weighted by Gasteiger charge is 2.34. The Hall–Kier alpha value is -2.50. The Balaban J connectivity index is 2.05. The smallest absolute Gasteiger partial charge is 0.326 e. The lowest BCUT2D eigenvalue weighted by atomic mass is 10.0. The minimum Gasteiger partial charge on any atom is -0.497 e. The van der Waals surface area contributed by atoms with Crippen molar-refractivity contribution in [1.82, 2.24) is 4.90 Å². The highest BCUT2D eigenvalue weighted by Crippen LogP contribution is 2.24. The normalized spacial score (nSPS) is 15.6. The van der Waals surface area contributed by atoms with Gasteiger partial charge in [0.25, 0.3) is 5.91 Å². The van der Waals surface area contributed by atoms with Crippen LogP contribution in [0.3, 0.4) is 0 Å². The largest absolute Gasteiger partial charge is 0.497 e. The van der Waals surface area contributed by atoms with E-state index < -0.39 is 12.0 Å². The van der Waals surface area contributed by atoms with E-state index >= 15 is 0 Å². The molecule has 0 saturated heterocycles. The molecule has 0 spiro atoms. The van der Waals surface area contributed by atoms with Crippen LogP contribution in [0, 0.1) is 5.92 Å². The van der Waals surface area contributed by atoms with Crippen molar-refractivity contribution in [3.05, 3.63) is 36.1 Å². The molecule has 0 fully saturated rings. The first-order chi connectivity index (χ1) is 10.9. The standard InChI is InChI=1S/C17H21NO5/c1-11(2)8-15(17(20)21)18-10-14(9-16(18)19)23-13-6-4-12(22-3)5-7-13/h4-7,9,11,15H,8,10H2,1-3H3,(H,20,21). The molecule has 2 rings (SSSR count). The van der Waals surface area contributed by atoms with Gasteiger partial charge in [-0.3, -0.25) is 4.79 Å². The number of rotatable bonds is 7. The predicted octanol–water partition coefficient (Wildman–Crippen LogP) is 2.30. The van der Waals surface area contributed by atoms with Gasteiger partial charge in [0.05, 0.1) is 13.7 Å². The molecule has 0 radical (unpaired) electrons. The second kappa shape index (κ2) is 7.17. The van der Waals surface area contributed by atoms with E-state index in [1.807, 2.05) is 13.8 Å². The molecule has 1 N–H and O–H groups in total. The predicted molar refractivity (Wildman–Crippen MR) is 84.3 cm³/mol. The fourth-order valence-corrected chi connectivity index (χ4v) is 2.44. The molecule has 23 heavy (non-hydrogen) atoms. The maximum absolute atomic E-state index is 12.1. The van der Waals surface area contributed by atoms with E-state index in [-0.39, 0.29) is 18.4 Å². The number of ether oxygens (including phenoxy) is 2. The average Bonchev–Trinajstić information content (AvgIpc) is 2.85. The third-order valence-corrected chi connectivity index (χ3v) is 3.56. The number of hydrogen-bond donors (Lipinski definition) is 1. The molecule has 0 bridgehead atoms. The Bertz CT molecular complexity index is 606. The summed E-state index contributed by atoms with van der Waals surface area (Å²) in [6.07, 6.45) is 1.76. The fraction of sp³-hybridized carbons (Fsp3) is 0.412. The van der Waals surface area contributed by atoms with Crippen molar-refractivity contribution in [2.45, 2.75) is 26.3 Å². The second-order valence-corrected chi connectivity index (χ2v) is 5.84. The van der Waals surface area contributed by atoms with Crippen LogP contribution < -0.4 is 9.47 Å². The molecule has 1 aromatic carbocycles. The Kier molecular flexibility index (Phi) is 5.26. The van der Waals surface area contributed by atoms with Crippen LogP contribution in [0.4, 0.5) is 0 Å². The quantitative estimate of drug-likeness (QED) is 0.834. The summed E-state index contributed by atoms with van der Waals surface area (Å²) in [7, 11) is 1.58. The van der Waals surface area contributed by atoms with Gasteiger partial charge in [0.2, 0.25) is 0 Å². The summed E-state index contributed by atoms with van der Waals surface area (Å²) in [5, 5.41) is 9.36. The summed E-state index contributed by atoms with van der Waals surface area (Å²) >= 11 is 0. The zero-order valence-corrected chi connectivity index (χ0v) is 13.5. The number of nitrogens with zero attached hydrogens (tertiary/aromatic N) is 1. The Morgan fingerprint density at radius 3 is 2.39 bits per heavy atom. The Morgan fingerprint density at radius 1 is 1.26 bits per heavy atom. The lowest BCUT2D eigenvalue weighted by Gasteiger charge is -2.25. The van der Waals surface area contributed by atoms with E-state index in [2.05, 4.69) is 0 Å². The van der Waals surface area contributed by atoms with Crippen molar-refractivity contribution in [2.24, 2.45) is 5.92 Å². The Morgan fingerprint density at radius 2 is 1.87 bits per heavy atom. The van der Waals surface area contributed by atoms with E-state index in [0.717, 1.165) is 0 Å². The number of carboxylic acid groups (broad SMARTS) is 1. The topological polar surface area (TPSA) is 76.1 Å². The summed E-state index contributed by atoms with van der Waals surface area (Å²) in [6, 6.07) is 6.13. The van der Waals surface area contributed by atoms with Crippen molar-refractivity contribution in [1.29, 1.82) is 0 Å². The van der Waals surface area contributed by atoms with Gasteiger partial charge in [0, 0.05) is 6.08 Å². The van der Waals surface area contributed by atoms with Crippen molar-refractivity contribution in [3.8, 4) is 11.5 Å². The fourth-order valence-electron chi connectivity index (χ4n) is 2.44. The van der Waals surface area contributed by atoms with Crippen LogP contribution in [0.15, 0.2) is 36.1 Å². The summed E-state index contributed by atoms with van der Waals surface area (Å²) in [6.45, 7) is 4.02. The summed E-state index contributed by atoms with van der Waals surface area (Å²) in [5.74, 6) is 0.569. The van der Waals surface area contributed by atoms with Crippen LogP contribution in [0.5, 0.6) is 11.5 Å².